The monoisotopic (exact) mass is 619 g/mol. The number of sulfonamides is 1. The van der Waals surface area contributed by atoms with Crippen molar-refractivity contribution in [3.63, 3.8) is 0 Å². The molecule has 0 unspecified atom stereocenters. The number of nitrogens with one attached hydrogen (secondary N) is 1. The van der Waals surface area contributed by atoms with Crippen LogP contribution < -0.4 is 14.4 Å². The third kappa shape index (κ3) is 7.72. The van der Waals surface area contributed by atoms with Gasteiger partial charge in [-0.15, -0.1) is 0 Å². The summed E-state index contributed by atoms with van der Waals surface area (Å²) in [5.41, 5.74) is 1.40. The normalized spacial score (nSPS) is 12.8. The maximum absolute atomic E-state index is 14.1. The highest BCUT2D eigenvalue weighted by atomic mass is 35.5. The minimum atomic E-state index is -4.24. The number of benzene rings is 3. The van der Waals surface area contributed by atoms with E-state index >= 15 is 0 Å². The lowest BCUT2D eigenvalue weighted by Gasteiger charge is -2.33. The van der Waals surface area contributed by atoms with Crippen LogP contribution in [0.5, 0.6) is 5.75 Å². The molecule has 2 amide bonds. The fourth-order valence-electron chi connectivity index (χ4n) is 4.13. The molecule has 2 atom stereocenters. The summed E-state index contributed by atoms with van der Waals surface area (Å²) in [5.74, 6) is -0.747. The summed E-state index contributed by atoms with van der Waals surface area (Å²) in [4.78, 5) is 28.6. The maximum Gasteiger partial charge on any atom is 0.264 e. The first-order valence-electron chi connectivity index (χ1n) is 13.2. The summed E-state index contributed by atoms with van der Waals surface area (Å²) in [5, 5.41) is 3.53. The Labute approximate surface area is 252 Å². The summed E-state index contributed by atoms with van der Waals surface area (Å²) < 4.78 is 34.5. The first kappa shape index (κ1) is 32.2. The first-order chi connectivity index (χ1) is 19.4. The minimum Gasteiger partial charge on any atom is -0.495 e. The molecule has 3 rings (SSSR count). The van der Waals surface area contributed by atoms with Crippen LogP contribution in [0.15, 0.2) is 71.6 Å². The van der Waals surface area contributed by atoms with Gasteiger partial charge in [0.2, 0.25) is 11.8 Å². The van der Waals surface area contributed by atoms with E-state index in [0.29, 0.717) is 22.0 Å². The van der Waals surface area contributed by atoms with Crippen LogP contribution in [0.1, 0.15) is 38.3 Å². The topological polar surface area (TPSA) is 96.0 Å². The second kappa shape index (κ2) is 14.1. The summed E-state index contributed by atoms with van der Waals surface area (Å²) in [7, 11) is -2.81. The molecule has 0 fully saturated rings. The Morgan fingerprint density at radius 2 is 1.61 bits per heavy atom. The molecule has 3 aromatic rings. The third-order valence-corrected chi connectivity index (χ3v) is 9.25. The molecule has 0 aromatic heterocycles. The lowest BCUT2D eigenvalue weighted by atomic mass is 10.1. The molecule has 41 heavy (non-hydrogen) atoms. The average Bonchev–Trinajstić information content (AvgIpc) is 2.95. The number of hydrogen-bond acceptors (Lipinski definition) is 5. The van der Waals surface area contributed by atoms with Crippen LogP contribution in [0.25, 0.3) is 0 Å². The summed E-state index contributed by atoms with van der Waals surface area (Å²) >= 11 is 12.9. The molecule has 0 bridgehead atoms. The third-order valence-electron chi connectivity index (χ3n) is 6.77. The zero-order valence-corrected chi connectivity index (χ0v) is 26.1. The standard InChI is InChI=1S/C30H35Cl2N3O5S/c1-6-21(3)33-30(37)22(4)34(18-24-25(31)13-10-14-26(24)32)29(36)19-35(27-17-20(2)15-16-28(27)40-5)41(38,39)23-11-8-7-9-12-23/h7-17,21-22H,6,18-19H2,1-5H3,(H,33,37)/t21-,22+/m1/s1. The average molecular weight is 621 g/mol. The van der Waals surface area contributed by atoms with Crippen molar-refractivity contribution >= 4 is 50.7 Å². The highest BCUT2D eigenvalue weighted by molar-refractivity contribution is 7.92. The van der Waals surface area contributed by atoms with E-state index in [-0.39, 0.29) is 34.8 Å². The molecule has 0 saturated carbocycles. The highest BCUT2D eigenvalue weighted by Gasteiger charge is 2.34. The Balaban J connectivity index is 2.12. The molecule has 0 heterocycles. The van der Waals surface area contributed by atoms with Crippen LogP contribution in [0.4, 0.5) is 5.69 Å². The van der Waals surface area contributed by atoms with Gasteiger partial charge in [0.05, 0.1) is 17.7 Å². The van der Waals surface area contributed by atoms with Crippen molar-refractivity contribution in [3.05, 3.63) is 87.9 Å². The number of amides is 2. The molecule has 220 valence electrons. The number of halogens is 2. The summed E-state index contributed by atoms with van der Waals surface area (Å²) in [6.45, 7) is 6.47. The van der Waals surface area contributed by atoms with Gasteiger partial charge in [0, 0.05) is 28.2 Å². The van der Waals surface area contributed by atoms with E-state index in [1.165, 1.54) is 24.1 Å². The molecule has 0 aliphatic carbocycles. The Hall–Kier alpha value is -3.27. The second-order valence-electron chi connectivity index (χ2n) is 9.72. The van der Waals surface area contributed by atoms with Crippen LogP contribution in [0.3, 0.4) is 0 Å². The molecule has 0 radical (unpaired) electrons. The van der Waals surface area contributed by atoms with Gasteiger partial charge in [-0.3, -0.25) is 13.9 Å². The molecular weight excluding hydrogens is 585 g/mol. The van der Waals surface area contributed by atoms with Crippen LogP contribution in [-0.2, 0) is 26.2 Å². The van der Waals surface area contributed by atoms with Crippen LogP contribution >= 0.6 is 23.2 Å². The Morgan fingerprint density at radius 3 is 2.20 bits per heavy atom. The van der Waals surface area contributed by atoms with Gasteiger partial charge in [0.1, 0.15) is 18.3 Å². The van der Waals surface area contributed by atoms with Gasteiger partial charge in [-0.05, 0) is 69.2 Å². The quantitative estimate of drug-likeness (QED) is 0.275. The van der Waals surface area contributed by atoms with Gasteiger partial charge in [-0.25, -0.2) is 8.42 Å². The number of carbonyl (C=O) groups is 2. The smallest absolute Gasteiger partial charge is 0.264 e. The number of methoxy groups -OCH3 is 1. The van der Waals surface area contributed by atoms with Gasteiger partial charge in [0.15, 0.2) is 0 Å². The molecule has 0 aliphatic heterocycles. The molecular formula is C30H35Cl2N3O5S. The Bertz CT molecular complexity index is 1460. The van der Waals surface area contributed by atoms with E-state index in [4.69, 9.17) is 27.9 Å². The van der Waals surface area contributed by atoms with E-state index < -0.39 is 28.5 Å². The van der Waals surface area contributed by atoms with Gasteiger partial charge < -0.3 is 15.0 Å². The SMILES string of the molecule is CC[C@@H](C)NC(=O)[C@H](C)N(Cc1c(Cl)cccc1Cl)C(=O)CN(c1cc(C)ccc1OC)S(=O)(=O)c1ccccc1. The van der Waals surface area contributed by atoms with Crippen LogP contribution in [0.2, 0.25) is 10.0 Å². The molecule has 1 N–H and O–H groups in total. The van der Waals surface area contributed by atoms with Crippen molar-refractivity contribution in [1.29, 1.82) is 0 Å². The molecule has 0 spiro atoms. The number of nitrogens with zero attached hydrogens (tertiary/aromatic N) is 2. The minimum absolute atomic E-state index is 0.000352. The number of ether oxygens (including phenoxy) is 1. The van der Waals surface area contributed by atoms with Gasteiger partial charge in [-0.2, -0.15) is 0 Å². The summed E-state index contributed by atoms with van der Waals surface area (Å²) in [6.07, 6.45) is 0.693. The zero-order valence-electron chi connectivity index (χ0n) is 23.7. The highest BCUT2D eigenvalue weighted by Crippen LogP contribution is 2.34. The van der Waals surface area contributed by atoms with Gasteiger partial charge in [-0.1, -0.05) is 60.5 Å². The molecule has 3 aromatic carbocycles. The van der Waals surface area contributed by atoms with Crippen molar-refractivity contribution in [3.8, 4) is 5.75 Å². The van der Waals surface area contributed by atoms with Gasteiger partial charge >= 0.3 is 0 Å². The van der Waals surface area contributed by atoms with Crippen LogP contribution in [-0.4, -0.2) is 50.9 Å². The van der Waals surface area contributed by atoms with Crippen molar-refractivity contribution in [2.75, 3.05) is 18.0 Å². The van der Waals surface area contributed by atoms with Gasteiger partial charge in [0.25, 0.3) is 10.0 Å². The Kier molecular flexibility index (Phi) is 11.1. The summed E-state index contributed by atoms with van der Waals surface area (Å²) in [6, 6.07) is 16.8. The lowest BCUT2D eigenvalue weighted by molar-refractivity contribution is -0.139. The number of rotatable bonds is 12. The lowest BCUT2D eigenvalue weighted by Crippen LogP contribution is -2.52. The largest absolute Gasteiger partial charge is 0.495 e. The first-order valence-corrected chi connectivity index (χ1v) is 15.3. The molecule has 8 nitrogen and oxygen atoms in total. The van der Waals surface area contributed by atoms with E-state index in [2.05, 4.69) is 5.32 Å². The molecule has 0 aliphatic rings. The fraction of sp³-hybridized carbons (Fsp3) is 0.333. The maximum atomic E-state index is 14.1. The number of anilines is 1. The second-order valence-corrected chi connectivity index (χ2v) is 12.4. The van der Waals surface area contributed by atoms with E-state index in [1.807, 2.05) is 20.8 Å². The molecule has 0 saturated heterocycles. The Morgan fingerprint density at radius 1 is 0.976 bits per heavy atom. The number of hydrogen-bond donors (Lipinski definition) is 1. The van der Waals surface area contributed by atoms with Crippen molar-refractivity contribution in [1.82, 2.24) is 10.2 Å². The fourth-order valence-corrected chi connectivity index (χ4v) is 6.08. The predicted molar refractivity (Wildman–Crippen MR) is 163 cm³/mol. The van der Waals surface area contributed by atoms with Crippen molar-refractivity contribution < 1.29 is 22.7 Å². The van der Waals surface area contributed by atoms with E-state index in [0.717, 1.165) is 9.87 Å². The predicted octanol–water partition coefficient (Wildman–Crippen LogP) is 5.84. The van der Waals surface area contributed by atoms with Crippen molar-refractivity contribution in [2.45, 2.75) is 57.6 Å². The van der Waals surface area contributed by atoms with Crippen molar-refractivity contribution in [2.24, 2.45) is 0 Å². The van der Waals surface area contributed by atoms with Crippen LogP contribution in [0, 0.1) is 6.92 Å². The van der Waals surface area contributed by atoms with E-state index in [9.17, 15) is 18.0 Å². The zero-order chi connectivity index (χ0) is 30.3. The number of carbonyl (C=O) groups excluding carboxylic acids is 2. The number of aryl methyl sites for hydroxylation is 1. The molecule has 11 heteroatoms. The van der Waals surface area contributed by atoms with E-state index in [1.54, 1.807) is 61.5 Å².